The maximum absolute atomic E-state index is 12.2. The van der Waals surface area contributed by atoms with Gasteiger partial charge in [-0.15, -0.1) is 11.3 Å². The Kier molecular flexibility index (Phi) is 5.18. The van der Waals surface area contributed by atoms with Crippen LogP contribution in [0.5, 0.6) is 0 Å². The van der Waals surface area contributed by atoms with Crippen LogP contribution in [0.1, 0.15) is 27.3 Å². The van der Waals surface area contributed by atoms with Crippen LogP contribution in [0.3, 0.4) is 0 Å². The van der Waals surface area contributed by atoms with E-state index in [1.165, 1.54) is 11.3 Å². The average molecular weight is 364 g/mol. The van der Waals surface area contributed by atoms with Crippen molar-refractivity contribution in [3.05, 3.63) is 51.5 Å². The van der Waals surface area contributed by atoms with E-state index >= 15 is 0 Å². The standard InChI is InChI=1S/C17H18ClN3O2S/c1-11-13-9-15(16(23)19-7-4-8-22)24-17(13)21(20-11)10-12-5-2-3-6-14(12)18/h2-3,5-6,9,22H,4,7-8,10H2,1H3,(H,19,23). The second kappa shape index (κ2) is 7.34. The minimum absolute atomic E-state index is 0.0681. The number of carbonyl (C=O) groups is 1. The molecule has 24 heavy (non-hydrogen) atoms. The van der Waals surface area contributed by atoms with Crippen LogP contribution in [0.4, 0.5) is 0 Å². The summed E-state index contributed by atoms with van der Waals surface area (Å²) in [6.45, 7) is 3.04. The SMILES string of the molecule is Cc1nn(Cc2ccccc2Cl)c2sc(C(=O)NCCCO)cc12. The van der Waals surface area contributed by atoms with E-state index in [1.54, 1.807) is 0 Å². The van der Waals surface area contributed by atoms with Gasteiger partial charge in [0.05, 0.1) is 17.1 Å². The summed E-state index contributed by atoms with van der Waals surface area (Å²) >= 11 is 7.66. The highest BCUT2D eigenvalue weighted by Crippen LogP contribution is 2.29. The van der Waals surface area contributed by atoms with Crippen LogP contribution >= 0.6 is 22.9 Å². The first kappa shape index (κ1) is 17.0. The van der Waals surface area contributed by atoms with Crippen molar-refractivity contribution in [2.24, 2.45) is 0 Å². The molecule has 5 nitrogen and oxygen atoms in total. The molecule has 0 unspecified atom stereocenters. The number of nitrogens with zero attached hydrogens (tertiary/aromatic N) is 2. The summed E-state index contributed by atoms with van der Waals surface area (Å²) in [6, 6.07) is 9.55. The van der Waals surface area contributed by atoms with Crippen molar-refractivity contribution in [3.63, 3.8) is 0 Å². The third-order valence-electron chi connectivity index (χ3n) is 3.73. The smallest absolute Gasteiger partial charge is 0.261 e. The average Bonchev–Trinajstić information content (AvgIpc) is 3.12. The molecule has 3 aromatic rings. The van der Waals surface area contributed by atoms with E-state index < -0.39 is 0 Å². The fraction of sp³-hybridized carbons (Fsp3) is 0.294. The van der Waals surface area contributed by atoms with Gasteiger partial charge in [0.15, 0.2) is 0 Å². The number of aliphatic hydroxyl groups excluding tert-OH is 1. The zero-order chi connectivity index (χ0) is 17.1. The van der Waals surface area contributed by atoms with Crippen molar-refractivity contribution in [1.82, 2.24) is 15.1 Å². The first-order chi connectivity index (χ1) is 11.6. The van der Waals surface area contributed by atoms with E-state index in [0.717, 1.165) is 21.5 Å². The van der Waals surface area contributed by atoms with Crippen molar-refractivity contribution in [3.8, 4) is 0 Å². The van der Waals surface area contributed by atoms with E-state index in [4.69, 9.17) is 16.7 Å². The van der Waals surface area contributed by atoms with E-state index in [2.05, 4.69) is 10.4 Å². The number of rotatable bonds is 6. The highest BCUT2D eigenvalue weighted by molar-refractivity contribution is 7.20. The number of carbonyl (C=O) groups excluding carboxylic acids is 1. The summed E-state index contributed by atoms with van der Waals surface area (Å²) in [5, 5.41) is 17.9. The van der Waals surface area contributed by atoms with Crippen molar-refractivity contribution >= 4 is 39.1 Å². The number of hydrogen-bond donors (Lipinski definition) is 2. The zero-order valence-electron chi connectivity index (χ0n) is 13.3. The second-order valence-electron chi connectivity index (χ2n) is 5.50. The quantitative estimate of drug-likeness (QED) is 0.661. The van der Waals surface area contributed by atoms with E-state index in [0.29, 0.717) is 29.4 Å². The molecule has 0 atom stereocenters. The molecule has 2 aromatic heterocycles. The van der Waals surface area contributed by atoms with E-state index in [9.17, 15) is 4.79 Å². The van der Waals surface area contributed by atoms with Gasteiger partial charge in [0.25, 0.3) is 5.91 Å². The summed E-state index contributed by atoms with van der Waals surface area (Å²) < 4.78 is 1.89. The van der Waals surface area contributed by atoms with Crippen LogP contribution < -0.4 is 5.32 Å². The minimum Gasteiger partial charge on any atom is -0.396 e. The predicted octanol–water partition coefficient (Wildman–Crippen LogP) is 3.22. The van der Waals surface area contributed by atoms with Crippen molar-refractivity contribution < 1.29 is 9.90 Å². The molecule has 7 heteroatoms. The fourth-order valence-electron chi connectivity index (χ4n) is 2.49. The predicted molar refractivity (Wildman–Crippen MR) is 96.9 cm³/mol. The molecule has 0 aliphatic heterocycles. The van der Waals surface area contributed by atoms with Gasteiger partial charge >= 0.3 is 0 Å². The molecular weight excluding hydrogens is 346 g/mol. The van der Waals surface area contributed by atoms with Crippen LogP contribution in [0, 0.1) is 6.92 Å². The molecule has 0 spiro atoms. The number of aromatic nitrogens is 2. The monoisotopic (exact) mass is 363 g/mol. The first-order valence-electron chi connectivity index (χ1n) is 7.69. The topological polar surface area (TPSA) is 67.2 Å². The molecule has 1 aromatic carbocycles. The normalized spacial score (nSPS) is 11.1. The Balaban J connectivity index is 1.87. The number of halogens is 1. The van der Waals surface area contributed by atoms with Gasteiger partial charge in [0.1, 0.15) is 4.83 Å². The second-order valence-corrected chi connectivity index (χ2v) is 6.93. The van der Waals surface area contributed by atoms with Crippen molar-refractivity contribution in [1.29, 1.82) is 0 Å². The molecule has 2 N–H and O–H groups in total. The Bertz CT molecular complexity index is 872. The lowest BCUT2D eigenvalue weighted by Gasteiger charge is -2.05. The maximum atomic E-state index is 12.2. The number of aliphatic hydroxyl groups is 1. The molecular formula is C17H18ClN3O2S. The highest BCUT2D eigenvalue weighted by Gasteiger charge is 2.16. The summed E-state index contributed by atoms with van der Waals surface area (Å²) in [5.74, 6) is -0.117. The molecule has 126 valence electrons. The lowest BCUT2D eigenvalue weighted by atomic mass is 10.2. The van der Waals surface area contributed by atoms with Gasteiger partial charge in [-0.1, -0.05) is 29.8 Å². The number of amides is 1. The van der Waals surface area contributed by atoms with Gasteiger partial charge in [-0.05, 0) is 31.0 Å². The first-order valence-corrected chi connectivity index (χ1v) is 8.89. The van der Waals surface area contributed by atoms with E-state index in [-0.39, 0.29) is 12.5 Å². The summed E-state index contributed by atoms with van der Waals surface area (Å²) in [5.41, 5.74) is 1.88. The molecule has 0 aliphatic rings. The molecule has 3 rings (SSSR count). The van der Waals surface area contributed by atoms with Crippen LogP contribution in [0.25, 0.3) is 10.2 Å². The molecule has 0 saturated heterocycles. The van der Waals surface area contributed by atoms with Crippen LogP contribution in [-0.2, 0) is 6.54 Å². The van der Waals surface area contributed by atoms with E-state index in [1.807, 2.05) is 41.9 Å². The van der Waals surface area contributed by atoms with Gasteiger partial charge in [-0.3, -0.25) is 9.48 Å². The third-order valence-corrected chi connectivity index (χ3v) is 5.25. The number of thiophene rings is 1. The summed E-state index contributed by atoms with van der Waals surface area (Å²) in [7, 11) is 0. The molecule has 0 fully saturated rings. The lowest BCUT2D eigenvalue weighted by Crippen LogP contribution is -2.24. The highest BCUT2D eigenvalue weighted by atomic mass is 35.5. The zero-order valence-corrected chi connectivity index (χ0v) is 14.8. The van der Waals surface area contributed by atoms with Gasteiger partial charge in [-0.2, -0.15) is 5.10 Å². The Morgan fingerprint density at radius 1 is 1.42 bits per heavy atom. The Morgan fingerprint density at radius 3 is 2.96 bits per heavy atom. The van der Waals surface area contributed by atoms with Crippen LogP contribution in [0.15, 0.2) is 30.3 Å². The lowest BCUT2D eigenvalue weighted by molar-refractivity contribution is 0.0955. The van der Waals surface area contributed by atoms with Gasteiger partial charge in [-0.25, -0.2) is 0 Å². The minimum atomic E-state index is -0.117. The number of fused-ring (bicyclic) bond motifs is 1. The summed E-state index contributed by atoms with van der Waals surface area (Å²) in [4.78, 5) is 13.8. The molecule has 2 heterocycles. The fourth-order valence-corrected chi connectivity index (χ4v) is 3.76. The molecule has 0 aliphatic carbocycles. The van der Waals surface area contributed by atoms with Crippen molar-refractivity contribution in [2.45, 2.75) is 19.9 Å². The Labute approximate surface area is 148 Å². The van der Waals surface area contributed by atoms with Crippen molar-refractivity contribution in [2.75, 3.05) is 13.2 Å². The number of nitrogens with one attached hydrogen (secondary N) is 1. The van der Waals surface area contributed by atoms with Crippen LogP contribution in [0.2, 0.25) is 5.02 Å². The van der Waals surface area contributed by atoms with Gasteiger partial charge in [0, 0.05) is 23.6 Å². The maximum Gasteiger partial charge on any atom is 0.261 e. The van der Waals surface area contributed by atoms with Gasteiger partial charge < -0.3 is 10.4 Å². The molecule has 1 amide bonds. The Morgan fingerprint density at radius 2 is 2.21 bits per heavy atom. The number of hydrogen-bond acceptors (Lipinski definition) is 4. The molecule has 0 saturated carbocycles. The van der Waals surface area contributed by atoms with Crippen LogP contribution in [-0.4, -0.2) is 33.9 Å². The molecule has 0 bridgehead atoms. The summed E-state index contributed by atoms with van der Waals surface area (Å²) in [6.07, 6.45) is 0.552. The number of aryl methyl sites for hydroxylation is 1. The Hall–Kier alpha value is -1.89. The van der Waals surface area contributed by atoms with Gasteiger partial charge in [0.2, 0.25) is 0 Å². The molecule has 0 radical (unpaired) electrons. The largest absolute Gasteiger partial charge is 0.396 e. The third kappa shape index (κ3) is 3.45. The number of benzene rings is 1.